The number of carbonyl (C=O) groups excluding carboxylic acids is 1. The van der Waals surface area contributed by atoms with Crippen LogP contribution in [0.5, 0.6) is 0 Å². The number of halogens is 1. The normalized spacial score (nSPS) is 36.2. The lowest BCUT2D eigenvalue weighted by Gasteiger charge is -2.50. The highest BCUT2D eigenvalue weighted by atomic mass is 32.2. The number of aliphatic hydroxyl groups is 4. The molecule has 3 aliphatic rings. The number of methoxy groups -OCH3 is 4. The number of esters is 1. The molecule has 20 atom stereocenters. The minimum Gasteiger partial charge on any atom is -0.459 e. The third-order valence-corrected chi connectivity index (χ3v) is 18.9. The topological polar surface area (TPSA) is 271 Å². The quantitative estimate of drug-likeness (QED) is 0.0411. The summed E-state index contributed by atoms with van der Waals surface area (Å²) in [6.07, 6.45) is -7.38. The van der Waals surface area contributed by atoms with Crippen molar-refractivity contribution in [2.45, 2.75) is 203 Å². The molecule has 0 aliphatic carbocycles. The van der Waals surface area contributed by atoms with Crippen LogP contribution in [0.25, 0.3) is 11.1 Å². The van der Waals surface area contributed by atoms with Crippen molar-refractivity contribution in [1.82, 2.24) is 19.9 Å². The molecular weight excluding hydrogens is 1110 g/mol. The number of aromatic nitrogens is 3. The van der Waals surface area contributed by atoms with Crippen molar-refractivity contribution in [3.05, 3.63) is 66.0 Å². The number of rotatable bonds is 21. The van der Waals surface area contributed by atoms with Gasteiger partial charge in [0.15, 0.2) is 22.4 Å². The lowest BCUT2D eigenvalue weighted by Crippen LogP contribution is -2.61. The number of cyclic esters (lactones) is 1. The third-order valence-electron chi connectivity index (χ3n) is 17.8. The fourth-order valence-corrected chi connectivity index (χ4v) is 13.1. The van der Waals surface area contributed by atoms with E-state index in [4.69, 9.17) is 47.5 Å². The molecule has 22 nitrogen and oxygen atoms in total. The Bertz CT molecular complexity index is 2710. The van der Waals surface area contributed by atoms with Gasteiger partial charge in [0.05, 0.1) is 63.9 Å². The van der Waals surface area contributed by atoms with Gasteiger partial charge in [0, 0.05) is 84.1 Å². The number of hydrogen-bond acceptors (Lipinski definition) is 21. The maximum atomic E-state index is 15.1. The number of likely N-dealkylation sites (N-methyl/N-ethyl adjacent to an activating group) is 1. The molecule has 0 radical (unpaired) electrons. The zero-order valence-electron chi connectivity index (χ0n) is 51.8. The van der Waals surface area contributed by atoms with Crippen molar-refractivity contribution in [2.75, 3.05) is 61.8 Å². The Balaban J connectivity index is 1.29. The number of alkyl halides is 1. The summed E-state index contributed by atoms with van der Waals surface area (Å²) in [5.74, 6) is -4.07. The van der Waals surface area contributed by atoms with Crippen molar-refractivity contribution in [2.24, 2.45) is 28.8 Å². The number of sulfone groups is 1. The van der Waals surface area contributed by atoms with Crippen LogP contribution >= 0.6 is 0 Å². The molecule has 0 unspecified atom stereocenters. The van der Waals surface area contributed by atoms with Crippen LogP contribution in [0.15, 0.2) is 64.8 Å². The van der Waals surface area contributed by atoms with Gasteiger partial charge in [-0.25, -0.2) is 17.5 Å². The molecule has 3 aromatic rings. The molecule has 1 aromatic heterocycles. The van der Waals surface area contributed by atoms with Gasteiger partial charge in [-0.2, -0.15) is 0 Å². The molecule has 84 heavy (non-hydrogen) atoms. The number of benzene rings is 2. The fourth-order valence-electron chi connectivity index (χ4n) is 12.5. The van der Waals surface area contributed by atoms with Crippen molar-refractivity contribution < 1.29 is 85.5 Å². The van der Waals surface area contributed by atoms with Gasteiger partial charge in [-0.1, -0.05) is 74.5 Å². The van der Waals surface area contributed by atoms with Crippen LogP contribution in [-0.2, 0) is 68.5 Å². The largest absolute Gasteiger partial charge is 0.459 e. The van der Waals surface area contributed by atoms with E-state index in [2.05, 4.69) is 15.5 Å². The lowest BCUT2D eigenvalue weighted by atomic mass is 9.73. The molecule has 3 aliphatic heterocycles. The molecule has 6 rings (SSSR count). The van der Waals surface area contributed by atoms with Crippen LogP contribution in [0.4, 0.5) is 4.39 Å². The van der Waals surface area contributed by atoms with Crippen LogP contribution in [-0.4, -0.2) is 206 Å². The number of hydrogen-bond donors (Lipinski definition) is 4. The molecule has 4 N–H and O–H groups in total. The van der Waals surface area contributed by atoms with Crippen LogP contribution < -0.4 is 0 Å². The second-order valence-corrected chi connectivity index (χ2v) is 26.1. The Morgan fingerprint density at radius 2 is 1.51 bits per heavy atom. The predicted molar refractivity (Wildman–Crippen MR) is 309 cm³/mol. The Morgan fingerprint density at radius 1 is 0.881 bits per heavy atom. The Hall–Kier alpha value is -4.12. The van der Waals surface area contributed by atoms with Gasteiger partial charge in [-0.05, 0) is 96.7 Å². The molecule has 2 aromatic carbocycles. The molecular formula is C60H94FN5O17S. The average Bonchev–Trinajstić information content (AvgIpc) is 3.13. The highest BCUT2D eigenvalue weighted by Gasteiger charge is 2.54. The molecule has 0 saturated carbocycles. The van der Waals surface area contributed by atoms with Crippen molar-refractivity contribution >= 4 is 21.5 Å². The summed E-state index contributed by atoms with van der Waals surface area (Å²) in [6, 6.07) is 12.6. The van der Waals surface area contributed by atoms with Crippen LogP contribution in [0, 0.1) is 23.7 Å². The van der Waals surface area contributed by atoms with Gasteiger partial charge < -0.3 is 72.8 Å². The van der Waals surface area contributed by atoms with Crippen LogP contribution in [0.1, 0.15) is 118 Å². The van der Waals surface area contributed by atoms with E-state index in [0.29, 0.717) is 36.4 Å². The second kappa shape index (κ2) is 29.3. The van der Waals surface area contributed by atoms with E-state index < -0.39 is 143 Å². The van der Waals surface area contributed by atoms with E-state index in [9.17, 15) is 33.6 Å². The van der Waals surface area contributed by atoms with Gasteiger partial charge in [-0.15, -0.1) is 5.10 Å². The standard InChI is InChI=1S/C60H94FN5O17S/c1-17-47-60(10,71)53(68)36(4)49(63-78-33-74-12)34(2)29-59(9,77-15)55(37(5)51(38(6)56(70)81-47)82-48-30-58(8,76-14)54(69)39(7)80-48)83-57-50(67)45(28-35(3)79-57)65(11)27-26-43-32-66(64-62-43)46(31-61)52(75-13)42-20-18-40(19-21-42)41-22-24-44(25-23-41)84(16,72)73/h18-25,32,34-39,45-48,50-55,57,67-69,71H,17,26-31,33H2,1-16H3/b63-49+/t34-,35-,36+,37+,38-,39+,45+,46-,47-,48+,50-,51+,52-,53-,54+,55-,57+,58-,59-,60-/m1/s1. The van der Waals surface area contributed by atoms with Gasteiger partial charge in [0.1, 0.15) is 42.7 Å². The van der Waals surface area contributed by atoms with E-state index >= 15 is 4.39 Å². The molecule has 0 spiro atoms. The zero-order valence-corrected chi connectivity index (χ0v) is 52.6. The summed E-state index contributed by atoms with van der Waals surface area (Å²) < 4.78 is 97.0. The first kappa shape index (κ1) is 69.0. The molecule has 3 saturated heterocycles. The Morgan fingerprint density at radius 3 is 2.08 bits per heavy atom. The second-order valence-electron chi connectivity index (χ2n) is 24.0. The molecule has 0 bridgehead atoms. The van der Waals surface area contributed by atoms with Gasteiger partial charge in [0.25, 0.3) is 0 Å². The van der Waals surface area contributed by atoms with Crippen molar-refractivity contribution in [3.8, 4) is 11.1 Å². The number of aliphatic hydroxyl groups excluding tert-OH is 3. The Kier molecular flexibility index (Phi) is 24.0. The summed E-state index contributed by atoms with van der Waals surface area (Å²) in [6.45, 7) is 16.8. The minimum atomic E-state index is -3.35. The van der Waals surface area contributed by atoms with E-state index in [-0.39, 0.29) is 31.0 Å². The minimum absolute atomic E-state index is 0.0721. The predicted octanol–water partition coefficient (Wildman–Crippen LogP) is 6.02. The molecule has 474 valence electrons. The van der Waals surface area contributed by atoms with Crippen molar-refractivity contribution in [1.29, 1.82) is 0 Å². The van der Waals surface area contributed by atoms with Crippen LogP contribution in [0.3, 0.4) is 0 Å². The first-order valence-electron chi connectivity index (χ1n) is 29.0. The SMILES string of the molecule is CC[C@H]1OC(=O)[C@H](C)[C@@H](O[C@H]2C[C@@](C)(OC)[C@@H](O)[C@H](C)O2)[C@H](C)[C@@H](O[C@@H]2O[C@H](C)C[C@H](N(C)CCc3cn([C@H](CF)[C@H](OC)c4ccc(-c5ccc(S(C)(=O)=O)cc5)cc4)nn3)[C@H]2O)[C@](C)(OC)C[C@@H](C)/C(=N\OCOC)[C@H](C)[C@@H](O)[C@]1(C)O. The molecule has 4 heterocycles. The monoisotopic (exact) mass is 1210 g/mol. The Labute approximate surface area is 495 Å². The van der Waals surface area contributed by atoms with Crippen LogP contribution in [0.2, 0.25) is 0 Å². The van der Waals surface area contributed by atoms with Gasteiger partial charge in [0.2, 0.25) is 6.79 Å². The smallest absolute Gasteiger partial charge is 0.311 e. The fraction of sp³-hybridized carbons (Fsp3) is 0.733. The lowest BCUT2D eigenvalue weighted by molar-refractivity contribution is -0.319. The summed E-state index contributed by atoms with van der Waals surface area (Å²) in [7, 11) is 4.50. The number of oxime groups is 1. The summed E-state index contributed by atoms with van der Waals surface area (Å²) in [5, 5.41) is 61.1. The van der Waals surface area contributed by atoms with E-state index in [1.165, 1.54) is 40.0 Å². The molecule has 3 fully saturated rings. The van der Waals surface area contributed by atoms with Gasteiger partial charge >= 0.3 is 5.97 Å². The first-order chi connectivity index (χ1) is 39.5. The zero-order chi connectivity index (χ0) is 62.2. The first-order valence-corrected chi connectivity index (χ1v) is 30.9. The summed E-state index contributed by atoms with van der Waals surface area (Å²) in [4.78, 5) is 22.5. The highest BCUT2D eigenvalue weighted by Crippen LogP contribution is 2.43. The van der Waals surface area contributed by atoms with E-state index in [1.807, 2.05) is 63.9 Å². The maximum Gasteiger partial charge on any atom is 0.311 e. The summed E-state index contributed by atoms with van der Waals surface area (Å²) in [5.41, 5.74) is -1.13. The van der Waals surface area contributed by atoms with Crippen molar-refractivity contribution in [3.63, 3.8) is 0 Å². The highest BCUT2D eigenvalue weighted by molar-refractivity contribution is 7.90. The number of carbonyl (C=O) groups is 1. The van der Waals surface area contributed by atoms with Gasteiger partial charge in [-0.3, -0.25) is 4.79 Å². The molecule has 0 amide bonds. The number of ether oxygens (including phenoxy) is 9. The third kappa shape index (κ3) is 15.8. The average molecular weight is 1210 g/mol. The molecule has 24 heteroatoms. The maximum absolute atomic E-state index is 15.1. The van der Waals surface area contributed by atoms with E-state index in [0.717, 1.165) is 17.4 Å². The van der Waals surface area contributed by atoms with E-state index in [1.54, 1.807) is 65.1 Å². The summed E-state index contributed by atoms with van der Waals surface area (Å²) >= 11 is 0. The number of nitrogens with zero attached hydrogens (tertiary/aromatic N) is 5.